The first-order valence-electron chi connectivity index (χ1n) is 6.40. The minimum atomic E-state index is -0.222. The number of methoxy groups -OCH3 is 1. The molecule has 1 heterocycles. The average molecular weight is 240 g/mol. The molecule has 1 rings (SSSR count). The fourth-order valence-corrected chi connectivity index (χ4v) is 1.98. The van der Waals surface area contributed by atoms with Gasteiger partial charge in [0.15, 0.2) is 6.29 Å². The van der Waals surface area contributed by atoms with Crippen LogP contribution in [0.25, 0.3) is 0 Å². The van der Waals surface area contributed by atoms with E-state index in [1.165, 1.54) is 0 Å². The van der Waals surface area contributed by atoms with Crippen LogP contribution in [-0.2, 0) is 9.47 Å². The fraction of sp³-hybridized carbons (Fsp3) is 0.714. The summed E-state index contributed by atoms with van der Waals surface area (Å²) in [6, 6.07) is 3.91. The largest absolute Gasteiger partial charge is 0.469 e. The number of hydrogen-bond acceptors (Lipinski definition) is 3. The zero-order valence-corrected chi connectivity index (χ0v) is 11.3. The van der Waals surface area contributed by atoms with Gasteiger partial charge >= 0.3 is 0 Å². The highest BCUT2D eigenvalue weighted by Crippen LogP contribution is 2.30. The SMILES string of the molecule is CCOC(OC)C(CC(C)CC)c1ccco1. The summed E-state index contributed by atoms with van der Waals surface area (Å²) in [6.07, 6.45) is 3.65. The first-order chi connectivity index (χ1) is 8.22. The van der Waals surface area contributed by atoms with Crippen molar-refractivity contribution >= 4 is 0 Å². The van der Waals surface area contributed by atoms with Crippen LogP contribution in [0.2, 0.25) is 0 Å². The maximum Gasteiger partial charge on any atom is 0.166 e. The summed E-state index contributed by atoms with van der Waals surface area (Å²) >= 11 is 0. The summed E-state index contributed by atoms with van der Waals surface area (Å²) in [6.45, 7) is 7.08. The third kappa shape index (κ3) is 4.17. The summed E-state index contributed by atoms with van der Waals surface area (Å²) in [5.41, 5.74) is 0. The number of furan rings is 1. The Balaban J connectivity index is 2.77. The molecule has 3 heteroatoms. The molecule has 0 aliphatic rings. The number of hydrogen-bond donors (Lipinski definition) is 0. The van der Waals surface area contributed by atoms with Crippen LogP contribution in [0.1, 0.15) is 45.3 Å². The molecule has 0 spiro atoms. The lowest BCUT2D eigenvalue weighted by Gasteiger charge is -2.26. The first kappa shape index (κ1) is 14.3. The van der Waals surface area contributed by atoms with E-state index in [0.29, 0.717) is 12.5 Å². The molecule has 1 aromatic heterocycles. The van der Waals surface area contributed by atoms with E-state index in [9.17, 15) is 0 Å². The second-order valence-electron chi connectivity index (χ2n) is 4.43. The fourth-order valence-electron chi connectivity index (χ4n) is 1.98. The van der Waals surface area contributed by atoms with Gasteiger partial charge in [0.1, 0.15) is 5.76 Å². The van der Waals surface area contributed by atoms with Gasteiger partial charge in [-0.05, 0) is 31.4 Å². The number of rotatable bonds is 8. The van der Waals surface area contributed by atoms with Gasteiger partial charge in [0.2, 0.25) is 0 Å². The van der Waals surface area contributed by atoms with Crippen molar-refractivity contribution in [1.29, 1.82) is 0 Å². The molecule has 3 atom stereocenters. The summed E-state index contributed by atoms with van der Waals surface area (Å²) in [5, 5.41) is 0. The predicted molar refractivity (Wildman–Crippen MR) is 67.9 cm³/mol. The Kier molecular flexibility index (Phi) is 6.30. The number of ether oxygens (including phenoxy) is 2. The van der Waals surface area contributed by atoms with Crippen molar-refractivity contribution in [1.82, 2.24) is 0 Å². The van der Waals surface area contributed by atoms with Crippen molar-refractivity contribution in [2.24, 2.45) is 5.92 Å². The van der Waals surface area contributed by atoms with E-state index < -0.39 is 0 Å². The maximum absolute atomic E-state index is 5.64. The normalized spacial score (nSPS) is 16.7. The van der Waals surface area contributed by atoms with E-state index in [-0.39, 0.29) is 12.2 Å². The van der Waals surface area contributed by atoms with Crippen molar-refractivity contribution < 1.29 is 13.9 Å². The second kappa shape index (κ2) is 7.51. The Labute approximate surface area is 104 Å². The van der Waals surface area contributed by atoms with Crippen LogP contribution in [-0.4, -0.2) is 20.0 Å². The van der Waals surface area contributed by atoms with Crippen molar-refractivity contribution in [2.75, 3.05) is 13.7 Å². The third-order valence-electron chi connectivity index (χ3n) is 3.15. The quantitative estimate of drug-likeness (QED) is 0.647. The Morgan fingerprint density at radius 1 is 1.35 bits per heavy atom. The molecule has 0 radical (unpaired) electrons. The van der Waals surface area contributed by atoms with Gasteiger partial charge in [0.05, 0.1) is 12.2 Å². The van der Waals surface area contributed by atoms with Crippen LogP contribution in [0.4, 0.5) is 0 Å². The summed E-state index contributed by atoms with van der Waals surface area (Å²) in [4.78, 5) is 0. The molecule has 17 heavy (non-hydrogen) atoms. The molecule has 0 saturated carbocycles. The Bertz CT molecular complexity index is 282. The van der Waals surface area contributed by atoms with Crippen LogP contribution in [0, 0.1) is 5.92 Å². The molecule has 0 N–H and O–H groups in total. The molecule has 0 fully saturated rings. The highest BCUT2D eigenvalue weighted by molar-refractivity contribution is 5.06. The molecule has 0 aliphatic carbocycles. The standard InChI is InChI=1S/C14H24O3/c1-5-11(3)10-12(13-8-7-9-17-13)14(15-4)16-6-2/h7-9,11-12,14H,5-6,10H2,1-4H3. The van der Waals surface area contributed by atoms with E-state index in [2.05, 4.69) is 13.8 Å². The van der Waals surface area contributed by atoms with Crippen molar-refractivity contribution in [2.45, 2.75) is 45.8 Å². The molecule has 0 aromatic carbocycles. The summed E-state index contributed by atoms with van der Waals surface area (Å²) < 4.78 is 16.6. The van der Waals surface area contributed by atoms with Gasteiger partial charge in [-0.25, -0.2) is 0 Å². The monoisotopic (exact) mass is 240 g/mol. The van der Waals surface area contributed by atoms with E-state index in [0.717, 1.165) is 18.6 Å². The van der Waals surface area contributed by atoms with Crippen molar-refractivity contribution in [3.05, 3.63) is 24.2 Å². The van der Waals surface area contributed by atoms with E-state index >= 15 is 0 Å². The van der Waals surface area contributed by atoms with Gasteiger partial charge in [-0.1, -0.05) is 20.3 Å². The highest BCUT2D eigenvalue weighted by atomic mass is 16.7. The Morgan fingerprint density at radius 3 is 2.59 bits per heavy atom. The van der Waals surface area contributed by atoms with Gasteiger partial charge < -0.3 is 13.9 Å². The van der Waals surface area contributed by atoms with Crippen LogP contribution in [0.3, 0.4) is 0 Å². The van der Waals surface area contributed by atoms with Gasteiger partial charge in [0.25, 0.3) is 0 Å². The smallest absolute Gasteiger partial charge is 0.166 e. The van der Waals surface area contributed by atoms with E-state index in [4.69, 9.17) is 13.9 Å². The molecule has 0 aliphatic heterocycles. The first-order valence-corrected chi connectivity index (χ1v) is 6.40. The van der Waals surface area contributed by atoms with Crippen LogP contribution in [0.15, 0.2) is 22.8 Å². The Hall–Kier alpha value is -0.800. The second-order valence-corrected chi connectivity index (χ2v) is 4.43. The Morgan fingerprint density at radius 2 is 2.12 bits per heavy atom. The molecule has 1 aromatic rings. The van der Waals surface area contributed by atoms with Crippen molar-refractivity contribution in [3.63, 3.8) is 0 Å². The van der Waals surface area contributed by atoms with Gasteiger partial charge in [-0.2, -0.15) is 0 Å². The van der Waals surface area contributed by atoms with Gasteiger partial charge in [-0.3, -0.25) is 0 Å². The highest BCUT2D eigenvalue weighted by Gasteiger charge is 2.27. The summed E-state index contributed by atoms with van der Waals surface area (Å²) in [5.74, 6) is 1.75. The van der Waals surface area contributed by atoms with E-state index in [1.54, 1.807) is 13.4 Å². The van der Waals surface area contributed by atoms with E-state index in [1.807, 2.05) is 19.1 Å². The zero-order valence-electron chi connectivity index (χ0n) is 11.3. The lowest BCUT2D eigenvalue weighted by molar-refractivity contribution is -0.140. The minimum Gasteiger partial charge on any atom is -0.469 e. The average Bonchev–Trinajstić information content (AvgIpc) is 2.86. The van der Waals surface area contributed by atoms with Gasteiger partial charge in [-0.15, -0.1) is 0 Å². The molecular formula is C14H24O3. The predicted octanol–water partition coefficient (Wildman–Crippen LogP) is 3.81. The zero-order chi connectivity index (χ0) is 12.7. The molecule has 0 saturated heterocycles. The summed E-state index contributed by atoms with van der Waals surface area (Å²) in [7, 11) is 1.69. The molecule has 3 nitrogen and oxygen atoms in total. The lowest BCUT2D eigenvalue weighted by atomic mass is 9.91. The molecular weight excluding hydrogens is 216 g/mol. The topological polar surface area (TPSA) is 31.6 Å². The maximum atomic E-state index is 5.64. The lowest BCUT2D eigenvalue weighted by Crippen LogP contribution is -2.25. The van der Waals surface area contributed by atoms with Crippen LogP contribution >= 0.6 is 0 Å². The minimum absolute atomic E-state index is 0.171. The van der Waals surface area contributed by atoms with Crippen LogP contribution < -0.4 is 0 Å². The third-order valence-corrected chi connectivity index (χ3v) is 3.15. The molecule has 98 valence electrons. The van der Waals surface area contributed by atoms with Crippen LogP contribution in [0.5, 0.6) is 0 Å². The molecule has 3 unspecified atom stereocenters. The van der Waals surface area contributed by atoms with Gasteiger partial charge in [0, 0.05) is 13.7 Å². The molecule has 0 bridgehead atoms. The molecule has 0 amide bonds. The van der Waals surface area contributed by atoms with Crippen molar-refractivity contribution in [3.8, 4) is 0 Å².